The van der Waals surface area contributed by atoms with Gasteiger partial charge in [0.15, 0.2) is 4.77 Å². The predicted octanol–water partition coefficient (Wildman–Crippen LogP) is 3.39. The molecule has 2 atom stereocenters. The fourth-order valence-electron chi connectivity index (χ4n) is 3.71. The Bertz CT molecular complexity index is 829. The number of ether oxygens (including phenoxy) is 1. The first-order valence-corrected chi connectivity index (χ1v) is 9.44. The summed E-state index contributed by atoms with van der Waals surface area (Å²) in [5.74, 6) is 2.30. The van der Waals surface area contributed by atoms with Gasteiger partial charge in [-0.05, 0) is 42.6 Å². The first kappa shape index (κ1) is 18.6. The Kier molecular flexibility index (Phi) is 5.76. The average molecular weight is 375 g/mol. The zero-order valence-electron chi connectivity index (χ0n) is 15.6. The zero-order chi connectivity index (χ0) is 18.7. The fraction of sp³-hybridized carbons (Fsp3) is 0.526. The number of rotatable bonds is 5. The molecule has 140 valence electrons. The maximum Gasteiger partial charge on any atom is 0.223 e. The van der Waals surface area contributed by atoms with Gasteiger partial charge in [0, 0.05) is 32.5 Å². The lowest BCUT2D eigenvalue weighted by Gasteiger charge is -2.33. The molecule has 0 saturated carbocycles. The second-order valence-corrected chi connectivity index (χ2v) is 7.36. The van der Waals surface area contributed by atoms with Crippen LogP contribution in [0.3, 0.4) is 0 Å². The van der Waals surface area contributed by atoms with E-state index in [1.807, 2.05) is 40.8 Å². The van der Waals surface area contributed by atoms with Crippen molar-refractivity contribution in [2.75, 3.05) is 20.2 Å². The summed E-state index contributed by atoms with van der Waals surface area (Å²) in [6.07, 6.45) is 2.49. The normalized spacial score (nSPS) is 18.6. The lowest BCUT2D eigenvalue weighted by molar-refractivity contribution is -0.132. The van der Waals surface area contributed by atoms with Crippen LogP contribution in [0.25, 0.3) is 0 Å². The smallest absolute Gasteiger partial charge is 0.223 e. The molecule has 2 unspecified atom stereocenters. The van der Waals surface area contributed by atoms with E-state index in [1.54, 1.807) is 7.11 Å². The van der Waals surface area contributed by atoms with Crippen molar-refractivity contribution in [1.29, 1.82) is 0 Å². The Morgan fingerprint density at radius 3 is 2.92 bits per heavy atom. The topological polar surface area (TPSA) is 63.1 Å². The third-order valence-electron chi connectivity index (χ3n) is 5.20. The van der Waals surface area contributed by atoms with E-state index in [0.29, 0.717) is 17.7 Å². The maximum absolute atomic E-state index is 12.9. The van der Waals surface area contributed by atoms with Crippen molar-refractivity contribution in [1.82, 2.24) is 19.7 Å². The molecule has 2 aromatic rings. The quantitative estimate of drug-likeness (QED) is 0.815. The molecule has 0 aliphatic carbocycles. The minimum Gasteiger partial charge on any atom is -0.496 e. The van der Waals surface area contributed by atoms with Crippen molar-refractivity contribution in [3.05, 3.63) is 40.4 Å². The number of H-pyrrole nitrogens is 1. The van der Waals surface area contributed by atoms with Crippen LogP contribution >= 0.6 is 12.2 Å². The van der Waals surface area contributed by atoms with E-state index in [9.17, 15) is 4.79 Å². The van der Waals surface area contributed by atoms with Gasteiger partial charge >= 0.3 is 0 Å². The van der Waals surface area contributed by atoms with Crippen LogP contribution in [0.4, 0.5) is 0 Å². The number of likely N-dealkylation sites (tertiary alicyclic amines) is 1. The van der Waals surface area contributed by atoms with Crippen molar-refractivity contribution in [3.63, 3.8) is 0 Å². The number of amides is 1. The second-order valence-electron chi connectivity index (χ2n) is 6.97. The summed E-state index contributed by atoms with van der Waals surface area (Å²) in [6.45, 7) is 3.59. The Balaban J connectivity index is 1.67. The van der Waals surface area contributed by atoms with Crippen LogP contribution in [-0.4, -0.2) is 45.8 Å². The SMILES string of the molecule is COc1ccccc1C(C)CC(=O)N1CCCC(c2n[nH]c(=S)n2C)C1. The highest BCUT2D eigenvalue weighted by molar-refractivity contribution is 7.71. The van der Waals surface area contributed by atoms with Crippen LogP contribution in [0.1, 0.15) is 49.4 Å². The number of methoxy groups -OCH3 is 1. The van der Waals surface area contributed by atoms with Gasteiger partial charge in [-0.3, -0.25) is 9.89 Å². The average Bonchev–Trinajstić information content (AvgIpc) is 3.00. The number of carbonyl (C=O) groups is 1. The number of aromatic amines is 1. The number of nitrogens with zero attached hydrogens (tertiary/aromatic N) is 3. The van der Waals surface area contributed by atoms with Gasteiger partial charge in [0.25, 0.3) is 0 Å². The maximum atomic E-state index is 12.9. The minimum atomic E-state index is 0.111. The molecule has 1 aromatic heterocycles. The molecule has 1 aliphatic heterocycles. The van der Waals surface area contributed by atoms with Crippen LogP contribution < -0.4 is 4.74 Å². The van der Waals surface area contributed by atoms with E-state index in [-0.39, 0.29) is 17.7 Å². The monoisotopic (exact) mass is 374 g/mol. The third kappa shape index (κ3) is 3.82. The standard InChI is InChI=1S/C19H26N4O2S/c1-13(15-8-4-5-9-16(15)25-3)11-17(24)23-10-6-7-14(12-23)18-20-21-19(26)22(18)2/h4-5,8-9,13-14H,6-7,10-12H2,1-3H3,(H,21,26). The van der Waals surface area contributed by atoms with Gasteiger partial charge in [-0.15, -0.1) is 0 Å². The largest absolute Gasteiger partial charge is 0.496 e. The lowest BCUT2D eigenvalue weighted by Crippen LogP contribution is -2.40. The summed E-state index contributed by atoms with van der Waals surface area (Å²) < 4.78 is 7.96. The van der Waals surface area contributed by atoms with E-state index in [0.717, 1.165) is 36.5 Å². The molecule has 1 aliphatic rings. The Labute approximate surface area is 159 Å². The summed E-state index contributed by atoms with van der Waals surface area (Å²) in [7, 11) is 3.59. The number of aromatic nitrogens is 3. The molecule has 1 fully saturated rings. The molecule has 6 nitrogen and oxygen atoms in total. The minimum absolute atomic E-state index is 0.111. The molecule has 1 amide bonds. The molecule has 3 rings (SSSR count). The highest BCUT2D eigenvalue weighted by atomic mass is 32.1. The van der Waals surface area contributed by atoms with Crippen molar-refractivity contribution in [3.8, 4) is 5.75 Å². The predicted molar refractivity (Wildman–Crippen MR) is 103 cm³/mol. The van der Waals surface area contributed by atoms with Gasteiger partial charge in [-0.1, -0.05) is 25.1 Å². The molecule has 1 saturated heterocycles. The van der Waals surface area contributed by atoms with E-state index < -0.39 is 0 Å². The van der Waals surface area contributed by atoms with Crippen LogP contribution in [0, 0.1) is 4.77 Å². The summed E-state index contributed by atoms with van der Waals surface area (Å²) in [5, 5.41) is 7.20. The fourth-order valence-corrected chi connectivity index (χ4v) is 3.85. The molecular formula is C19H26N4O2S. The van der Waals surface area contributed by atoms with Crippen molar-refractivity contribution < 1.29 is 9.53 Å². The van der Waals surface area contributed by atoms with Crippen molar-refractivity contribution in [2.24, 2.45) is 7.05 Å². The molecule has 0 radical (unpaired) electrons. The Morgan fingerprint density at radius 1 is 1.46 bits per heavy atom. The van der Waals surface area contributed by atoms with Gasteiger partial charge in [-0.2, -0.15) is 5.10 Å². The molecule has 1 N–H and O–H groups in total. The van der Waals surface area contributed by atoms with Crippen LogP contribution in [0.15, 0.2) is 24.3 Å². The van der Waals surface area contributed by atoms with Crippen LogP contribution in [0.5, 0.6) is 5.75 Å². The van der Waals surface area contributed by atoms with Gasteiger partial charge in [-0.25, -0.2) is 0 Å². The van der Waals surface area contributed by atoms with Gasteiger partial charge in [0.05, 0.1) is 7.11 Å². The van der Waals surface area contributed by atoms with Crippen molar-refractivity contribution in [2.45, 2.75) is 38.0 Å². The number of hydrogen-bond acceptors (Lipinski definition) is 4. The first-order valence-electron chi connectivity index (χ1n) is 9.03. The van der Waals surface area contributed by atoms with Gasteiger partial charge in [0.1, 0.15) is 11.6 Å². The highest BCUT2D eigenvalue weighted by Crippen LogP contribution is 2.30. The molecule has 7 heteroatoms. The molecule has 0 bridgehead atoms. The van der Waals surface area contributed by atoms with E-state index >= 15 is 0 Å². The lowest BCUT2D eigenvalue weighted by atomic mass is 9.93. The van der Waals surface area contributed by atoms with Gasteiger partial charge < -0.3 is 14.2 Å². The number of benzene rings is 1. The Morgan fingerprint density at radius 2 is 2.23 bits per heavy atom. The molecule has 2 heterocycles. The number of hydrogen-bond donors (Lipinski definition) is 1. The summed E-state index contributed by atoms with van der Waals surface area (Å²) >= 11 is 5.21. The summed E-state index contributed by atoms with van der Waals surface area (Å²) in [4.78, 5) is 14.8. The van der Waals surface area contributed by atoms with Crippen LogP contribution in [0.2, 0.25) is 0 Å². The number of carbonyl (C=O) groups excluding carboxylic acids is 1. The summed E-state index contributed by atoms with van der Waals surface area (Å²) in [5.41, 5.74) is 1.08. The molecular weight excluding hydrogens is 348 g/mol. The molecule has 1 aromatic carbocycles. The third-order valence-corrected chi connectivity index (χ3v) is 5.57. The van der Waals surface area contributed by atoms with E-state index in [4.69, 9.17) is 17.0 Å². The van der Waals surface area contributed by atoms with Gasteiger partial charge in [0.2, 0.25) is 5.91 Å². The number of piperidine rings is 1. The summed E-state index contributed by atoms with van der Waals surface area (Å²) in [6, 6.07) is 7.91. The molecule has 0 spiro atoms. The van der Waals surface area contributed by atoms with Crippen molar-refractivity contribution >= 4 is 18.1 Å². The van der Waals surface area contributed by atoms with E-state index in [1.165, 1.54) is 0 Å². The zero-order valence-corrected chi connectivity index (χ0v) is 16.4. The molecule has 26 heavy (non-hydrogen) atoms. The second kappa shape index (κ2) is 8.03. The van der Waals surface area contributed by atoms with Crippen LogP contribution in [-0.2, 0) is 11.8 Å². The Hall–Kier alpha value is -2.15. The van der Waals surface area contributed by atoms with E-state index in [2.05, 4.69) is 17.1 Å². The first-order chi connectivity index (χ1) is 12.5. The number of nitrogens with one attached hydrogen (secondary N) is 1. The highest BCUT2D eigenvalue weighted by Gasteiger charge is 2.28. The number of para-hydroxylation sites is 1.